The van der Waals surface area contributed by atoms with Crippen molar-refractivity contribution >= 4 is 50.1 Å². The molecule has 0 saturated heterocycles. The zero-order valence-corrected chi connectivity index (χ0v) is 15.0. The largest absolute Gasteiger partial charge is 0.486 e. The Morgan fingerprint density at radius 2 is 2.05 bits per heavy atom. The maximum absolute atomic E-state index is 13.2. The van der Waals surface area contributed by atoms with Crippen LogP contribution in [0.15, 0.2) is 46.9 Å². The Morgan fingerprint density at radius 1 is 1.25 bits per heavy atom. The van der Waals surface area contributed by atoms with E-state index in [9.17, 15) is 4.39 Å². The van der Waals surface area contributed by atoms with Gasteiger partial charge in [-0.2, -0.15) is 0 Å². The molecule has 106 valence electrons. The third-order valence-electron chi connectivity index (χ3n) is 2.76. The molecule has 0 aliphatic carbocycles. The van der Waals surface area contributed by atoms with Gasteiger partial charge in [-0.15, -0.1) is 11.6 Å². The highest BCUT2D eigenvalue weighted by Crippen LogP contribution is 2.31. The Hall–Kier alpha value is -0.330. The zero-order valence-electron chi connectivity index (χ0n) is 10.5. The molecule has 1 nitrogen and oxygen atoms in total. The smallest absolute Gasteiger partial charge is 0.126 e. The zero-order chi connectivity index (χ0) is 14.5. The van der Waals surface area contributed by atoms with Crippen LogP contribution in [-0.2, 0) is 0 Å². The predicted octanol–water partition coefficient (Wildman–Crippen LogP) is 5.94. The maximum atomic E-state index is 13.2. The molecule has 1 atom stereocenters. The molecule has 0 saturated carbocycles. The van der Waals surface area contributed by atoms with Gasteiger partial charge in [0.25, 0.3) is 0 Å². The third kappa shape index (κ3) is 4.33. The first-order valence-corrected chi connectivity index (χ1v) is 8.44. The highest BCUT2D eigenvalue weighted by molar-refractivity contribution is 14.1. The topological polar surface area (TPSA) is 9.23 Å². The van der Waals surface area contributed by atoms with Crippen LogP contribution >= 0.6 is 50.1 Å². The molecule has 0 N–H and O–H groups in total. The first-order valence-electron chi connectivity index (χ1n) is 6.03. The van der Waals surface area contributed by atoms with Gasteiger partial charge < -0.3 is 4.74 Å². The number of hydrogen-bond donors (Lipinski definition) is 0. The SMILES string of the molecule is Fc1ccc(C(CCCl)Oc2cccc(I)c2)c(Br)c1. The van der Waals surface area contributed by atoms with Crippen molar-refractivity contribution in [2.75, 3.05) is 5.88 Å². The number of hydrogen-bond acceptors (Lipinski definition) is 1. The summed E-state index contributed by atoms with van der Waals surface area (Å²) in [5.41, 5.74) is 0.894. The van der Waals surface area contributed by atoms with Gasteiger partial charge in [0.05, 0.1) is 0 Å². The number of halogens is 4. The molecule has 5 heteroatoms. The van der Waals surface area contributed by atoms with E-state index in [1.54, 1.807) is 6.07 Å². The molecule has 0 radical (unpaired) electrons. The lowest BCUT2D eigenvalue weighted by Crippen LogP contribution is -2.09. The summed E-state index contributed by atoms with van der Waals surface area (Å²) in [5.74, 6) is 0.973. The summed E-state index contributed by atoms with van der Waals surface area (Å²) in [6.45, 7) is 0. The van der Waals surface area contributed by atoms with Crippen LogP contribution in [0.2, 0.25) is 0 Å². The molecule has 0 heterocycles. The Morgan fingerprint density at radius 3 is 2.70 bits per heavy atom. The monoisotopic (exact) mass is 468 g/mol. The van der Waals surface area contributed by atoms with Crippen molar-refractivity contribution in [1.82, 2.24) is 0 Å². The fourth-order valence-corrected chi connectivity index (χ4v) is 3.16. The third-order valence-corrected chi connectivity index (χ3v) is 4.33. The van der Waals surface area contributed by atoms with Crippen LogP contribution in [0.3, 0.4) is 0 Å². The normalized spacial score (nSPS) is 12.2. The van der Waals surface area contributed by atoms with E-state index in [2.05, 4.69) is 38.5 Å². The molecular weight excluding hydrogens is 457 g/mol. The van der Waals surface area contributed by atoms with Gasteiger partial charge >= 0.3 is 0 Å². The molecule has 2 aromatic carbocycles. The number of rotatable bonds is 5. The van der Waals surface area contributed by atoms with Gasteiger partial charge in [0.1, 0.15) is 17.7 Å². The van der Waals surface area contributed by atoms with Crippen molar-refractivity contribution in [3.63, 3.8) is 0 Å². The van der Waals surface area contributed by atoms with Crippen LogP contribution in [0.25, 0.3) is 0 Å². The number of alkyl halides is 1. The lowest BCUT2D eigenvalue weighted by atomic mass is 10.1. The molecule has 0 fully saturated rings. The number of ether oxygens (including phenoxy) is 1. The van der Waals surface area contributed by atoms with Crippen molar-refractivity contribution in [1.29, 1.82) is 0 Å². The average Bonchev–Trinajstić information content (AvgIpc) is 2.38. The van der Waals surface area contributed by atoms with E-state index >= 15 is 0 Å². The van der Waals surface area contributed by atoms with Gasteiger partial charge in [-0.1, -0.05) is 28.1 Å². The van der Waals surface area contributed by atoms with E-state index in [4.69, 9.17) is 16.3 Å². The summed E-state index contributed by atoms with van der Waals surface area (Å²) in [6, 6.07) is 12.4. The molecule has 0 aliphatic heterocycles. The van der Waals surface area contributed by atoms with Crippen LogP contribution in [-0.4, -0.2) is 5.88 Å². The average molecular weight is 470 g/mol. The van der Waals surface area contributed by atoms with Crippen LogP contribution in [0.4, 0.5) is 4.39 Å². The second-order valence-corrected chi connectivity index (χ2v) is 6.69. The molecule has 0 amide bonds. The van der Waals surface area contributed by atoms with Crippen molar-refractivity contribution < 1.29 is 9.13 Å². The quantitative estimate of drug-likeness (QED) is 0.389. The highest BCUT2D eigenvalue weighted by atomic mass is 127. The predicted molar refractivity (Wildman–Crippen MR) is 92.0 cm³/mol. The van der Waals surface area contributed by atoms with E-state index in [-0.39, 0.29) is 11.9 Å². The van der Waals surface area contributed by atoms with E-state index in [0.29, 0.717) is 16.8 Å². The lowest BCUT2D eigenvalue weighted by Gasteiger charge is -2.20. The van der Waals surface area contributed by atoms with Gasteiger partial charge in [-0.05, 0) is 52.9 Å². The minimum absolute atomic E-state index is 0.208. The summed E-state index contributed by atoms with van der Waals surface area (Å²) >= 11 is 11.5. The molecule has 0 aliphatic rings. The van der Waals surface area contributed by atoms with Crippen molar-refractivity contribution in [2.45, 2.75) is 12.5 Å². The van der Waals surface area contributed by atoms with E-state index in [1.165, 1.54) is 12.1 Å². The molecule has 1 unspecified atom stereocenters. The molecule has 20 heavy (non-hydrogen) atoms. The first kappa shape index (κ1) is 16.0. The Balaban J connectivity index is 2.26. The summed E-state index contributed by atoms with van der Waals surface area (Å²) in [4.78, 5) is 0. The van der Waals surface area contributed by atoms with E-state index in [0.717, 1.165) is 14.9 Å². The van der Waals surface area contributed by atoms with E-state index < -0.39 is 0 Å². The fourth-order valence-electron chi connectivity index (χ4n) is 1.84. The molecule has 0 spiro atoms. The van der Waals surface area contributed by atoms with E-state index in [1.807, 2.05) is 24.3 Å². The molecule has 0 aromatic heterocycles. The number of benzene rings is 2. The van der Waals surface area contributed by atoms with Crippen LogP contribution in [0.5, 0.6) is 5.75 Å². The van der Waals surface area contributed by atoms with Crippen LogP contribution in [0, 0.1) is 9.39 Å². The molecule has 2 aromatic rings. The van der Waals surface area contributed by atoms with Crippen molar-refractivity contribution in [3.8, 4) is 5.75 Å². The molecular formula is C15H12BrClFIO. The van der Waals surface area contributed by atoms with Crippen molar-refractivity contribution in [2.24, 2.45) is 0 Å². The standard InChI is InChI=1S/C15H12BrClFIO/c16-14-8-10(18)4-5-13(14)15(6-7-17)20-12-3-1-2-11(19)9-12/h1-5,8-9,15H,6-7H2. The summed E-state index contributed by atoms with van der Waals surface area (Å²) < 4.78 is 21.0. The van der Waals surface area contributed by atoms with Crippen molar-refractivity contribution in [3.05, 3.63) is 61.9 Å². The van der Waals surface area contributed by atoms with Crippen LogP contribution in [0.1, 0.15) is 18.1 Å². The second kappa shape index (κ2) is 7.61. The first-order chi connectivity index (χ1) is 9.60. The summed E-state index contributed by atoms with van der Waals surface area (Å²) in [6.07, 6.45) is 0.442. The summed E-state index contributed by atoms with van der Waals surface area (Å²) in [7, 11) is 0. The highest BCUT2D eigenvalue weighted by Gasteiger charge is 2.16. The minimum Gasteiger partial charge on any atom is -0.486 e. The van der Waals surface area contributed by atoms with Gasteiger partial charge in [0.15, 0.2) is 0 Å². The van der Waals surface area contributed by atoms with Gasteiger partial charge in [-0.25, -0.2) is 4.39 Å². The maximum Gasteiger partial charge on any atom is 0.126 e. The van der Waals surface area contributed by atoms with Gasteiger partial charge in [-0.3, -0.25) is 0 Å². The fraction of sp³-hybridized carbons (Fsp3) is 0.200. The van der Waals surface area contributed by atoms with Gasteiger partial charge in [0.2, 0.25) is 0 Å². The van der Waals surface area contributed by atoms with Gasteiger partial charge in [0, 0.05) is 25.9 Å². The second-order valence-electron chi connectivity index (χ2n) is 4.21. The Bertz CT molecular complexity index is 594. The Kier molecular flexibility index (Phi) is 6.11. The van der Waals surface area contributed by atoms with Crippen LogP contribution < -0.4 is 4.74 Å². The molecule has 2 rings (SSSR count). The molecule has 0 bridgehead atoms. The summed E-state index contributed by atoms with van der Waals surface area (Å²) in [5, 5.41) is 0. The lowest BCUT2D eigenvalue weighted by molar-refractivity contribution is 0.201. The Labute approximate surface area is 144 Å². The minimum atomic E-state index is -0.278.